The monoisotopic (exact) mass is 304 g/mol. The fraction of sp³-hybridized carbons (Fsp3) is 0.500. The number of aryl methyl sites for hydroxylation is 1. The largest absolute Gasteiger partial charge is 0.388 e. The first kappa shape index (κ1) is 16.3. The Hall–Kier alpha value is -2.08. The van der Waals surface area contributed by atoms with Gasteiger partial charge >= 0.3 is 6.03 Å². The molecule has 22 heavy (non-hydrogen) atoms. The van der Waals surface area contributed by atoms with Crippen LogP contribution in [-0.4, -0.2) is 32.7 Å². The summed E-state index contributed by atoms with van der Waals surface area (Å²) in [5.41, 5.74) is 1.83. The van der Waals surface area contributed by atoms with Crippen molar-refractivity contribution in [3.8, 4) is 0 Å². The summed E-state index contributed by atoms with van der Waals surface area (Å²) in [6.07, 6.45) is 1.91. The van der Waals surface area contributed by atoms with Crippen LogP contribution in [0.1, 0.15) is 32.2 Å². The second-order valence-corrected chi connectivity index (χ2v) is 6.18. The molecule has 0 saturated heterocycles. The predicted octanol–water partition coefficient (Wildman–Crippen LogP) is 1.85. The zero-order chi connectivity index (χ0) is 16.3. The minimum absolute atomic E-state index is 0.0641. The molecule has 2 aromatic heterocycles. The van der Waals surface area contributed by atoms with Crippen molar-refractivity contribution >= 4 is 11.7 Å². The maximum atomic E-state index is 11.8. The second-order valence-electron chi connectivity index (χ2n) is 6.18. The van der Waals surface area contributed by atoms with Gasteiger partial charge in [-0.2, -0.15) is 0 Å². The van der Waals surface area contributed by atoms with Gasteiger partial charge in [0.25, 0.3) is 0 Å². The Morgan fingerprint density at radius 2 is 2.14 bits per heavy atom. The molecule has 2 rings (SSSR count). The molecule has 0 saturated carbocycles. The van der Waals surface area contributed by atoms with Crippen LogP contribution in [-0.2, 0) is 6.54 Å². The van der Waals surface area contributed by atoms with Gasteiger partial charge in [0.2, 0.25) is 0 Å². The molecule has 2 amide bonds. The van der Waals surface area contributed by atoms with Gasteiger partial charge in [0.05, 0.1) is 17.8 Å². The molecule has 2 heterocycles. The normalized spacial score (nSPS) is 14.1. The standard InChI is InChI=1S/C16H24N4O2/c1-11(2)16(4,22)10-18-15(21)17-8-13-9-20-12(3)6-5-7-14(20)19-13/h5-7,9,11,22H,8,10H2,1-4H3,(H2,17,18,21). The molecule has 120 valence electrons. The van der Waals surface area contributed by atoms with Gasteiger partial charge in [0.1, 0.15) is 5.65 Å². The molecule has 6 nitrogen and oxygen atoms in total. The summed E-state index contributed by atoms with van der Waals surface area (Å²) >= 11 is 0. The van der Waals surface area contributed by atoms with Crippen molar-refractivity contribution in [1.82, 2.24) is 20.0 Å². The number of imidazole rings is 1. The van der Waals surface area contributed by atoms with E-state index < -0.39 is 5.60 Å². The number of rotatable bonds is 5. The highest BCUT2D eigenvalue weighted by Crippen LogP contribution is 2.14. The van der Waals surface area contributed by atoms with E-state index in [0.717, 1.165) is 17.0 Å². The second kappa shape index (κ2) is 6.36. The molecule has 0 fully saturated rings. The molecule has 0 aliphatic carbocycles. The number of carbonyl (C=O) groups excluding carboxylic acids is 1. The number of urea groups is 1. The molecule has 0 spiro atoms. The number of hydrogen-bond acceptors (Lipinski definition) is 3. The number of amides is 2. The fourth-order valence-electron chi connectivity index (χ4n) is 1.98. The van der Waals surface area contributed by atoms with E-state index in [4.69, 9.17) is 0 Å². The number of nitrogens with one attached hydrogen (secondary N) is 2. The Kier molecular flexibility index (Phi) is 4.71. The fourth-order valence-corrected chi connectivity index (χ4v) is 1.98. The zero-order valence-electron chi connectivity index (χ0n) is 13.6. The first-order valence-corrected chi connectivity index (χ1v) is 7.47. The first-order valence-electron chi connectivity index (χ1n) is 7.47. The van der Waals surface area contributed by atoms with Crippen molar-refractivity contribution in [2.75, 3.05) is 6.54 Å². The number of nitrogens with zero attached hydrogens (tertiary/aromatic N) is 2. The zero-order valence-corrected chi connectivity index (χ0v) is 13.6. The lowest BCUT2D eigenvalue weighted by molar-refractivity contribution is 0.0166. The number of fused-ring (bicyclic) bond motifs is 1. The molecule has 0 aliphatic rings. The molecule has 0 radical (unpaired) electrons. The van der Waals surface area contributed by atoms with Crippen LogP contribution in [0.3, 0.4) is 0 Å². The smallest absolute Gasteiger partial charge is 0.315 e. The van der Waals surface area contributed by atoms with E-state index in [-0.39, 0.29) is 18.5 Å². The molecular formula is C16H24N4O2. The van der Waals surface area contributed by atoms with Crippen molar-refractivity contribution in [2.24, 2.45) is 5.92 Å². The van der Waals surface area contributed by atoms with E-state index in [9.17, 15) is 9.90 Å². The highest BCUT2D eigenvalue weighted by atomic mass is 16.3. The van der Waals surface area contributed by atoms with Crippen LogP contribution in [0.4, 0.5) is 4.79 Å². The van der Waals surface area contributed by atoms with E-state index in [2.05, 4.69) is 15.6 Å². The molecule has 0 aliphatic heterocycles. The lowest BCUT2D eigenvalue weighted by atomic mass is 9.93. The summed E-state index contributed by atoms with van der Waals surface area (Å²) in [7, 11) is 0. The Balaban J connectivity index is 1.89. The maximum absolute atomic E-state index is 11.8. The average Bonchev–Trinajstić information content (AvgIpc) is 2.87. The number of pyridine rings is 1. The van der Waals surface area contributed by atoms with Gasteiger partial charge in [-0.25, -0.2) is 9.78 Å². The number of aromatic nitrogens is 2. The topological polar surface area (TPSA) is 78.7 Å². The molecule has 6 heteroatoms. The molecule has 0 aromatic carbocycles. The number of hydrogen-bond donors (Lipinski definition) is 3. The third-order valence-corrected chi connectivity index (χ3v) is 4.03. The minimum Gasteiger partial charge on any atom is -0.388 e. The third kappa shape index (κ3) is 3.76. The van der Waals surface area contributed by atoms with Crippen molar-refractivity contribution in [1.29, 1.82) is 0 Å². The SMILES string of the molecule is Cc1cccc2nc(CNC(=O)NCC(C)(O)C(C)C)cn12. The van der Waals surface area contributed by atoms with Crippen molar-refractivity contribution in [3.05, 3.63) is 35.8 Å². The Morgan fingerprint density at radius 1 is 1.41 bits per heavy atom. The third-order valence-electron chi connectivity index (χ3n) is 4.03. The minimum atomic E-state index is -0.919. The summed E-state index contributed by atoms with van der Waals surface area (Å²) in [4.78, 5) is 16.3. The molecule has 0 bridgehead atoms. The summed E-state index contributed by atoms with van der Waals surface area (Å²) in [6, 6.07) is 5.58. The van der Waals surface area contributed by atoms with Crippen molar-refractivity contribution in [3.63, 3.8) is 0 Å². The van der Waals surface area contributed by atoms with Gasteiger partial charge in [0.15, 0.2) is 0 Å². The van der Waals surface area contributed by atoms with Gasteiger partial charge < -0.3 is 20.1 Å². The van der Waals surface area contributed by atoms with Gasteiger partial charge in [-0.3, -0.25) is 0 Å². The Morgan fingerprint density at radius 3 is 2.77 bits per heavy atom. The Bertz CT molecular complexity index is 661. The van der Waals surface area contributed by atoms with Crippen LogP contribution in [0, 0.1) is 12.8 Å². The summed E-state index contributed by atoms with van der Waals surface area (Å²) < 4.78 is 1.98. The van der Waals surface area contributed by atoms with E-state index in [0.29, 0.717) is 6.54 Å². The van der Waals surface area contributed by atoms with E-state index in [1.807, 2.05) is 49.6 Å². The summed E-state index contributed by atoms with van der Waals surface area (Å²) in [5.74, 6) is 0.0641. The number of carbonyl (C=O) groups is 1. The van der Waals surface area contributed by atoms with E-state index >= 15 is 0 Å². The average molecular weight is 304 g/mol. The van der Waals surface area contributed by atoms with Gasteiger partial charge in [-0.15, -0.1) is 0 Å². The molecule has 2 aromatic rings. The lowest BCUT2D eigenvalue weighted by Gasteiger charge is -2.27. The first-order chi connectivity index (χ1) is 10.3. The van der Waals surface area contributed by atoms with E-state index in [1.54, 1.807) is 6.92 Å². The highest BCUT2D eigenvalue weighted by molar-refractivity contribution is 5.73. The van der Waals surface area contributed by atoms with Gasteiger partial charge in [-0.1, -0.05) is 19.9 Å². The summed E-state index contributed by atoms with van der Waals surface area (Å²) in [6.45, 7) is 8.10. The molecule has 1 unspecified atom stereocenters. The summed E-state index contributed by atoms with van der Waals surface area (Å²) in [5, 5.41) is 15.5. The quantitative estimate of drug-likeness (QED) is 0.789. The van der Waals surface area contributed by atoms with Gasteiger partial charge in [0, 0.05) is 18.4 Å². The molecule has 1 atom stereocenters. The predicted molar refractivity (Wildman–Crippen MR) is 85.6 cm³/mol. The maximum Gasteiger partial charge on any atom is 0.315 e. The van der Waals surface area contributed by atoms with Crippen LogP contribution < -0.4 is 10.6 Å². The Labute approximate surface area is 130 Å². The molecule has 3 N–H and O–H groups in total. The van der Waals surface area contributed by atoms with E-state index in [1.165, 1.54) is 0 Å². The van der Waals surface area contributed by atoms with Crippen LogP contribution in [0.25, 0.3) is 5.65 Å². The molecular weight excluding hydrogens is 280 g/mol. The van der Waals surface area contributed by atoms with Crippen molar-refractivity contribution < 1.29 is 9.90 Å². The van der Waals surface area contributed by atoms with Crippen LogP contribution >= 0.6 is 0 Å². The van der Waals surface area contributed by atoms with Crippen LogP contribution in [0.2, 0.25) is 0 Å². The lowest BCUT2D eigenvalue weighted by Crippen LogP contribution is -2.47. The van der Waals surface area contributed by atoms with Crippen LogP contribution in [0.15, 0.2) is 24.4 Å². The van der Waals surface area contributed by atoms with Gasteiger partial charge in [-0.05, 0) is 31.9 Å². The van der Waals surface area contributed by atoms with Crippen LogP contribution in [0.5, 0.6) is 0 Å². The highest BCUT2D eigenvalue weighted by Gasteiger charge is 2.25. The van der Waals surface area contributed by atoms with Crippen molar-refractivity contribution in [2.45, 2.75) is 39.8 Å². The number of aliphatic hydroxyl groups is 1.